The Morgan fingerprint density at radius 2 is 1.89 bits per heavy atom. The molecule has 0 unspecified atom stereocenters. The molecule has 0 radical (unpaired) electrons. The lowest BCUT2D eigenvalue weighted by atomic mass is 10.00. The Labute approximate surface area is 110 Å². The minimum atomic E-state index is -4.88. The quantitative estimate of drug-likeness (QED) is 0.607. The van der Waals surface area contributed by atoms with Gasteiger partial charge in [0.2, 0.25) is 0 Å². The number of halogens is 4. The fourth-order valence-electron chi connectivity index (χ4n) is 1.71. The summed E-state index contributed by atoms with van der Waals surface area (Å²) in [6.07, 6.45) is -5.05. The summed E-state index contributed by atoms with van der Waals surface area (Å²) in [5.41, 5.74) is -2.11. The van der Waals surface area contributed by atoms with E-state index in [2.05, 4.69) is 0 Å². The van der Waals surface area contributed by atoms with E-state index in [1.54, 1.807) is 17.5 Å². The highest BCUT2D eigenvalue weighted by Crippen LogP contribution is 2.34. The van der Waals surface area contributed by atoms with Crippen molar-refractivity contribution in [1.82, 2.24) is 0 Å². The van der Waals surface area contributed by atoms with Gasteiger partial charge in [-0.3, -0.25) is 4.79 Å². The summed E-state index contributed by atoms with van der Waals surface area (Å²) in [7, 11) is 0. The van der Waals surface area contributed by atoms with E-state index >= 15 is 0 Å². The van der Waals surface area contributed by atoms with E-state index in [0.717, 1.165) is 12.1 Å². The van der Waals surface area contributed by atoms with E-state index in [4.69, 9.17) is 0 Å². The van der Waals surface area contributed by atoms with Gasteiger partial charge in [-0.2, -0.15) is 13.2 Å². The van der Waals surface area contributed by atoms with E-state index in [-0.39, 0.29) is 6.42 Å². The summed E-state index contributed by atoms with van der Waals surface area (Å²) in [6.45, 7) is 0. The van der Waals surface area contributed by atoms with Gasteiger partial charge >= 0.3 is 6.18 Å². The third-order valence-corrected chi connectivity index (χ3v) is 3.39. The van der Waals surface area contributed by atoms with Crippen LogP contribution in [0, 0.1) is 5.82 Å². The highest BCUT2D eigenvalue weighted by molar-refractivity contribution is 7.10. The van der Waals surface area contributed by atoms with Crippen LogP contribution in [0.5, 0.6) is 0 Å². The summed E-state index contributed by atoms with van der Waals surface area (Å²) >= 11 is 1.27. The van der Waals surface area contributed by atoms with Crippen LogP contribution in [0.15, 0.2) is 35.7 Å². The average Bonchev–Trinajstić information content (AvgIpc) is 2.79. The first kappa shape index (κ1) is 13.7. The van der Waals surface area contributed by atoms with E-state index in [1.807, 2.05) is 0 Å². The van der Waals surface area contributed by atoms with Gasteiger partial charge in [0.05, 0.1) is 0 Å². The highest BCUT2D eigenvalue weighted by Gasteiger charge is 2.38. The molecular formula is C13H8F4OS. The van der Waals surface area contributed by atoms with E-state index in [9.17, 15) is 22.4 Å². The van der Waals surface area contributed by atoms with E-state index in [1.165, 1.54) is 11.3 Å². The number of hydrogen-bond acceptors (Lipinski definition) is 2. The van der Waals surface area contributed by atoms with Gasteiger partial charge in [0.25, 0.3) is 0 Å². The van der Waals surface area contributed by atoms with Crippen molar-refractivity contribution >= 4 is 17.1 Å². The molecule has 0 N–H and O–H groups in total. The molecule has 0 aliphatic carbocycles. The molecule has 0 aliphatic rings. The Hall–Kier alpha value is -1.69. The smallest absolute Gasteiger partial charge is 0.294 e. The van der Waals surface area contributed by atoms with Gasteiger partial charge < -0.3 is 0 Å². The molecule has 100 valence electrons. The van der Waals surface area contributed by atoms with E-state index in [0.29, 0.717) is 10.9 Å². The van der Waals surface area contributed by atoms with Gasteiger partial charge in [0.15, 0.2) is 5.78 Å². The lowest BCUT2D eigenvalue weighted by Crippen LogP contribution is -2.16. The third-order valence-electron chi connectivity index (χ3n) is 2.51. The number of carbonyl (C=O) groups excluding carboxylic acids is 1. The van der Waals surface area contributed by atoms with Gasteiger partial charge in [-0.1, -0.05) is 18.2 Å². The number of ketones is 1. The molecule has 0 aliphatic heterocycles. The van der Waals surface area contributed by atoms with Gasteiger partial charge in [-0.25, -0.2) is 4.39 Å². The zero-order valence-corrected chi connectivity index (χ0v) is 10.3. The van der Waals surface area contributed by atoms with Crippen LogP contribution >= 0.6 is 11.3 Å². The number of alkyl halides is 3. The van der Waals surface area contributed by atoms with Crippen LogP contribution in [0.1, 0.15) is 20.8 Å². The van der Waals surface area contributed by atoms with Crippen molar-refractivity contribution in [2.45, 2.75) is 12.6 Å². The second kappa shape index (κ2) is 5.13. The van der Waals surface area contributed by atoms with Crippen LogP contribution in [0.25, 0.3) is 0 Å². The number of carbonyl (C=O) groups is 1. The molecular weight excluding hydrogens is 280 g/mol. The Bertz CT molecular complexity index is 587. The van der Waals surface area contributed by atoms with Gasteiger partial charge in [-0.05, 0) is 17.5 Å². The first-order chi connectivity index (χ1) is 8.89. The SMILES string of the molecule is O=C(Cc1cccs1)c1cccc(F)c1C(F)(F)F. The first-order valence-corrected chi connectivity index (χ1v) is 6.19. The second-order valence-electron chi connectivity index (χ2n) is 3.84. The summed E-state index contributed by atoms with van der Waals surface area (Å²) in [5.74, 6) is -2.17. The highest BCUT2D eigenvalue weighted by atomic mass is 32.1. The fraction of sp³-hybridized carbons (Fsp3) is 0.154. The minimum absolute atomic E-state index is 0.163. The van der Waals surface area contributed by atoms with Crippen molar-refractivity contribution in [3.63, 3.8) is 0 Å². The van der Waals surface area contributed by atoms with Crippen LogP contribution in [0.4, 0.5) is 17.6 Å². The standard InChI is InChI=1S/C13H8F4OS/c14-10-5-1-4-9(12(10)13(15,16)17)11(18)7-8-3-2-6-19-8/h1-6H,7H2. The predicted molar refractivity (Wildman–Crippen MR) is 63.8 cm³/mol. The molecule has 2 rings (SSSR count). The van der Waals surface area contributed by atoms with Crippen LogP contribution in [-0.2, 0) is 12.6 Å². The average molecular weight is 288 g/mol. The van der Waals surface area contributed by atoms with Crippen LogP contribution in [0.2, 0.25) is 0 Å². The summed E-state index contributed by atoms with van der Waals surface area (Å²) < 4.78 is 51.6. The number of benzene rings is 1. The van der Waals surface area contributed by atoms with E-state index < -0.39 is 28.9 Å². The normalized spacial score (nSPS) is 11.6. The predicted octanol–water partition coefficient (Wildman–Crippen LogP) is 4.33. The molecule has 0 spiro atoms. The van der Waals surface area contributed by atoms with Crippen molar-refractivity contribution in [1.29, 1.82) is 0 Å². The molecule has 19 heavy (non-hydrogen) atoms. The second-order valence-corrected chi connectivity index (χ2v) is 4.87. The Balaban J connectivity index is 2.39. The number of thiophene rings is 1. The minimum Gasteiger partial charge on any atom is -0.294 e. The maximum absolute atomic E-state index is 13.3. The molecule has 1 nitrogen and oxygen atoms in total. The van der Waals surface area contributed by atoms with Gasteiger partial charge in [0, 0.05) is 16.9 Å². The summed E-state index contributed by atoms with van der Waals surface area (Å²) in [5, 5.41) is 1.72. The summed E-state index contributed by atoms with van der Waals surface area (Å²) in [4.78, 5) is 12.5. The molecule has 0 fully saturated rings. The first-order valence-electron chi connectivity index (χ1n) is 5.31. The molecule has 0 amide bonds. The van der Waals surface area contributed by atoms with Crippen molar-refractivity contribution in [3.8, 4) is 0 Å². The van der Waals surface area contributed by atoms with Crippen molar-refractivity contribution in [2.24, 2.45) is 0 Å². The van der Waals surface area contributed by atoms with Crippen LogP contribution in [0.3, 0.4) is 0 Å². The molecule has 6 heteroatoms. The Kier molecular flexibility index (Phi) is 3.71. The third kappa shape index (κ3) is 3.01. The molecule has 2 aromatic rings. The zero-order valence-electron chi connectivity index (χ0n) is 9.50. The molecule has 1 heterocycles. The monoisotopic (exact) mass is 288 g/mol. The molecule has 0 saturated heterocycles. The van der Waals surface area contributed by atoms with Crippen molar-refractivity contribution in [2.75, 3.05) is 0 Å². The number of hydrogen-bond donors (Lipinski definition) is 0. The molecule has 0 atom stereocenters. The molecule has 1 aromatic carbocycles. The maximum Gasteiger partial charge on any atom is 0.419 e. The Morgan fingerprint density at radius 3 is 2.47 bits per heavy atom. The van der Waals surface area contributed by atoms with Crippen molar-refractivity contribution < 1.29 is 22.4 Å². The topological polar surface area (TPSA) is 17.1 Å². The molecule has 1 aromatic heterocycles. The maximum atomic E-state index is 13.3. The fourth-order valence-corrected chi connectivity index (χ4v) is 2.41. The van der Waals surface area contributed by atoms with Gasteiger partial charge in [0.1, 0.15) is 11.4 Å². The lowest BCUT2D eigenvalue weighted by molar-refractivity contribution is -0.140. The van der Waals surface area contributed by atoms with Crippen LogP contribution < -0.4 is 0 Å². The lowest BCUT2D eigenvalue weighted by Gasteiger charge is -2.12. The summed E-state index contributed by atoms with van der Waals surface area (Å²) in [6, 6.07) is 6.15. The Morgan fingerprint density at radius 1 is 1.16 bits per heavy atom. The largest absolute Gasteiger partial charge is 0.419 e. The molecule has 0 bridgehead atoms. The van der Waals surface area contributed by atoms with Crippen LogP contribution in [-0.4, -0.2) is 5.78 Å². The zero-order chi connectivity index (χ0) is 14.0. The number of Topliss-reactive ketones (excluding diaryl/α,β-unsaturated/α-hetero) is 1. The number of rotatable bonds is 3. The van der Waals surface area contributed by atoms with Gasteiger partial charge in [-0.15, -0.1) is 11.3 Å². The molecule has 0 saturated carbocycles. The van der Waals surface area contributed by atoms with Crippen molar-refractivity contribution in [3.05, 3.63) is 57.5 Å².